The lowest BCUT2D eigenvalue weighted by Crippen LogP contribution is -2.11. The number of hydrogen-bond donors (Lipinski definition) is 2. The maximum Gasteiger partial charge on any atom is 0.221 e. The summed E-state index contributed by atoms with van der Waals surface area (Å²) in [6.45, 7) is 2.36. The van der Waals surface area contributed by atoms with Crippen molar-refractivity contribution in [1.82, 2.24) is 0 Å². The van der Waals surface area contributed by atoms with Gasteiger partial charge in [0.05, 0.1) is 0 Å². The molecule has 0 aliphatic heterocycles. The second kappa shape index (κ2) is 4.69. The fraction of sp³-hybridized carbons (Fsp3) is 0.200. The third-order valence-corrected chi connectivity index (χ3v) is 1.66. The molecule has 2 N–H and O–H groups in total. The Hall–Kier alpha value is -1.98. The summed E-state index contributed by atoms with van der Waals surface area (Å²) in [6, 6.07) is 1.85. The highest BCUT2D eigenvalue weighted by Crippen LogP contribution is 2.23. The molecule has 0 bridgehead atoms. The van der Waals surface area contributed by atoms with E-state index in [1.807, 2.05) is 5.32 Å². The number of anilines is 2. The summed E-state index contributed by atoms with van der Waals surface area (Å²) in [6.07, 6.45) is 0. The van der Waals surface area contributed by atoms with Crippen LogP contribution in [0.15, 0.2) is 12.1 Å². The molecule has 1 rings (SSSR count). The predicted molar refractivity (Wildman–Crippen MR) is 55.0 cm³/mol. The van der Waals surface area contributed by atoms with Gasteiger partial charge in [-0.3, -0.25) is 9.59 Å². The predicted octanol–water partition coefficient (Wildman–Crippen LogP) is 1.88. The number of nitrogens with one attached hydrogen (secondary N) is 2. The smallest absolute Gasteiger partial charge is 0.221 e. The first-order chi connectivity index (χ1) is 7.40. The van der Waals surface area contributed by atoms with Gasteiger partial charge in [-0.2, -0.15) is 0 Å². The van der Waals surface area contributed by atoms with Gasteiger partial charge >= 0.3 is 0 Å². The Balaban J connectivity index is 3.06. The number of carbonyl (C=O) groups excluding carboxylic acids is 2. The molecule has 0 radical (unpaired) electrons. The van der Waals surface area contributed by atoms with Crippen molar-refractivity contribution in [3.8, 4) is 0 Å². The molecular weight excluding hydrogens is 218 g/mol. The van der Waals surface area contributed by atoms with E-state index < -0.39 is 29.1 Å². The van der Waals surface area contributed by atoms with E-state index in [9.17, 15) is 18.4 Å². The average molecular weight is 228 g/mol. The first-order valence-electron chi connectivity index (χ1n) is 4.44. The summed E-state index contributed by atoms with van der Waals surface area (Å²) in [4.78, 5) is 21.3. The second-order valence-corrected chi connectivity index (χ2v) is 3.18. The molecule has 1 aromatic rings. The summed E-state index contributed by atoms with van der Waals surface area (Å²) in [7, 11) is 0. The lowest BCUT2D eigenvalue weighted by atomic mass is 10.2. The van der Waals surface area contributed by atoms with Crippen molar-refractivity contribution in [2.45, 2.75) is 13.8 Å². The fourth-order valence-electron chi connectivity index (χ4n) is 1.14. The molecule has 1 aromatic carbocycles. The van der Waals surface area contributed by atoms with Gasteiger partial charge in [-0.05, 0) is 12.1 Å². The first-order valence-corrected chi connectivity index (χ1v) is 4.44. The van der Waals surface area contributed by atoms with Crippen LogP contribution in [0.3, 0.4) is 0 Å². The van der Waals surface area contributed by atoms with Crippen molar-refractivity contribution >= 4 is 23.2 Å². The van der Waals surface area contributed by atoms with Crippen LogP contribution in [0.5, 0.6) is 0 Å². The maximum atomic E-state index is 13.3. The van der Waals surface area contributed by atoms with E-state index in [0.29, 0.717) is 0 Å². The molecule has 0 atom stereocenters. The Morgan fingerprint density at radius 1 is 1.00 bits per heavy atom. The zero-order valence-corrected chi connectivity index (χ0v) is 8.73. The first kappa shape index (κ1) is 12.1. The molecule has 86 valence electrons. The van der Waals surface area contributed by atoms with Crippen LogP contribution >= 0.6 is 0 Å². The largest absolute Gasteiger partial charge is 0.326 e. The number of benzene rings is 1. The minimum absolute atomic E-state index is 0.00315. The lowest BCUT2D eigenvalue weighted by molar-refractivity contribution is -0.115. The zero-order chi connectivity index (χ0) is 12.3. The topological polar surface area (TPSA) is 58.2 Å². The highest BCUT2D eigenvalue weighted by Gasteiger charge is 2.12. The Morgan fingerprint density at radius 2 is 1.44 bits per heavy atom. The minimum atomic E-state index is -0.945. The number of hydrogen-bond acceptors (Lipinski definition) is 2. The number of carbonyl (C=O) groups is 2. The lowest BCUT2D eigenvalue weighted by Gasteiger charge is -2.08. The van der Waals surface area contributed by atoms with Crippen LogP contribution in [0.2, 0.25) is 0 Å². The van der Waals surface area contributed by atoms with Gasteiger partial charge in [0.25, 0.3) is 0 Å². The highest BCUT2D eigenvalue weighted by molar-refractivity contribution is 5.91. The monoisotopic (exact) mass is 228 g/mol. The normalized spacial score (nSPS) is 9.75. The molecular formula is C10H10F2N2O2. The molecule has 0 spiro atoms. The quantitative estimate of drug-likeness (QED) is 0.811. The summed E-state index contributed by atoms with van der Waals surface area (Å²) >= 11 is 0. The van der Waals surface area contributed by atoms with Gasteiger partial charge < -0.3 is 10.6 Å². The Labute approximate surface area is 90.6 Å². The van der Waals surface area contributed by atoms with E-state index in [1.165, 1.54) is 6.92 Å². The van der Waals surface area contributed by atoms with Crippen molar-refractivity contribution < 1.29 is 18.4 Å². The molecule has 0 aliphatic carbocycles. The molecule has 6 heteroatoms. The molecule has 0 heterocycles. The van der Waals surface area contributed by atoms with Crippen LogP contribution in [-0.2, 0) is 9.59 Å². The van der Waals surface area contributed by atoms with Crippen molar-refractivity contribution in [2.75, 3.05) is 10.6 Å². The standard InChI is InChI=1S/C10H10F2N2O2/c1-5(15)13-7-3-8(11)10(9(12)4-7)14-6(2)16/h3-4H,1-2H3,(H,13,15)(H,14,16). The summed E-state index contributed by atoms with van der Waals surface area (Å²) in [5.74, 6) is -2.91. The van der Waals surface area contributed by atoms with Gasteiger partial charge in [0.2, 0.25) is 11.8 Å². The highest BCUT2D eigenvalue weighted by atomic mass is 19.1. The van der Waals surface area contributed by atoms with Gasteiger partial charge in [-0.25, -0.2) is 8.78 Å². The van der Waals surface area contributed by atoms with E-state index in [2.05, 4.69) is 5.32 Å². The molecule has 0 aliphatic rings. The Bertz CT molecular complexity index is 423. The summed E-state index contributed by atoms with van der Waals surface area (Å²) < 4.78 is 26.6. The van der Waals surface area contributed by atoms with Crippen molar-refractivity contribution in [3.05, 3.63) is 23.8 Å². The SMILES string of the molecule is CC(=O)Nc1cc(F)c(NC(C)=O)c(F)c1. The van der Waals surface area contributed by atoms with Crippen LogP contribution in [0.25, 0.3) is 0 Å². The molecule has 2 amide bonds. The van der Waals surface area contributed by atoms with Gasteiger partial charge in [-0.15, -0.1) is 0 Å². The average Bonchev–Trinajstić information content (AvgIpc) is 2.10. The maximum absolute atomic E-state index is 13.3. The third-order valence-electron chi connectivity index (χ3n) is 1.66. The Morgan fingerprint density at radius 3 is 1.81 bits per heavy atom. The van der Waals surface area contributed by atoms with Crippen molar-refractivity contribution in [3.63, 3.8) is 0 Å². The summed E-state index contributed by atoms with van der Waals surface area (Å²) in [5, 5.41) is 4.26. The van der Waals surface area contributed by atoms with Crippen molar-refractivity contribution in [2.24, 2.45) is 0 Å². The molecule has 16 heavy (non-hydrogen) atoms. The molecule has 0 fully saturated rings. The fourth-order valence-corrected chi connectivity index (χ4v) is 1.14. The van der Waals surface area contributed by atoms with Crippen LogP contribution in [0, 0.1) is 11.6 Å². The molecule has 0 unspecified atom stereocenters. The molecule has 0 saturated heterocycles. The van der Waals surface area contributed by atoms with E-state index in [-0.39, 0.29) is 5.69 Å². The third kappa shape index (κ3) is 3.01. The number of halogens is 2. The second-order valence-electron chi connectivity index (χ2n) is 3.18. The van der Waals surface area contributed by atoms with Crippen LogP contribution < -0.4 is 10.6 Å². The van der Waals surface area contributed by atoms with Crippen LogP contribution in [0.1, 0.15) is 13.8 Å². The van der Waals surface area contributed by atoms with E-state index in [0.717, 1.165) is 19.1 Å². The van der Waals surface area contributed by atoms with Crippen molar-refractivity contribution in [1.29, 1.82) is 0 Å². The van der Waals surface area contributed by atoms with Crippen LogP contribution in [-0.4, -0.2) is 11.8 Å². The molecule has 0 saturated carbocycles. The number of amides is 2. The van der Waals surface area contributed by atoms with Crippen LogP contribution in [0.4, 0.5) is 20.2 Å². The number of rotatable bonds is 2. The Kier molecular flexibility index (Phi) is 3.55. The minimum Gasteiger partial charge on any atom is -0.326 e. The summed E-state index contributed by atoms with van der Waals surface area (Å²) in [5.41, 5.74) is -0.529. The van der Waals surface area contributed by atoms with E-state index in [4.69, 9.17) is 0 Å². The van der Waals surface area contributed by atoms with Gasteiger partial charge in [0.15, 0.2) is 11.6 Å². The van der Waals surface area contributed by atoms with Gasteiger partial charge in [0, 0.05) is 19.5 Å². The van der Waals surface area contributed by atoms with E-state index in [1.54, 1.807) is 0 Å². The zero-order valence-electron chi connectivity index (χ0n) is 8.73. The molecule has 4 nitrogen and oxygen atoms in total. The van der Waals surface area contributed by atoms with Gasteiger partial charge in [-0.1, -0.05) is 0 Å². The molecule has 0 aromatic heterocycles. The van der Waals surface area contributed by atoms with Gasteiger partial charge in [0.1, 0.15) is 5.69 Å². The van der Waals surface area contributed by atoms with E-state index >= 15 is 0 Å².